The van der Waals surface area contributed by atoms with E-state index in [4.69, 9.17) is 0 Å². The molecule has 1 saturated carbocycles. The summed E-state index contributed by atoms with van der Waals surface area (Å²) in [5.41, 5.74) is 3.74. The molecule has 154 valence electrons. The van der Waals surface area contributed by atoms with Gasteiger partial charge in [-0.2, -0.15) is 0 Å². The van der Waals surface area contributed by atoms with E-state index in [0.717, 1.165) is 68.9 Å². The van der Waals surface area contributed by atoms with Crippen molar-refractivity contribution in [3.63, 3.8) is 0 Å². The molecule has 0 bridgehead atoms. The molecule has 2 N–H and O–H groups in total. The largest absolute Gasteiger partial charge is 0.507 e. The lowest BCUT2D eigenvalue weighted by molar-refractivity contribution is -0.131. The number of hydrogen-bond donors (Lipinski definition) is 2. The third kappa shape index (κ3) is 4.71. The van der Waals surface area contributed by atoms with Crippen molar-refractivity contribution in [1.29, 1.82) is 0 Å². The van der Waals surface area contributed by atoms with Gasteiger partial charge in [0, 0.05) is 36.6 Å². The molecule has 0 spiro atoms. The maximum atomic E-state index is 12.5. The molecule has 4 heteroatoms. The summed E-state index contributed by atoms with van der Waals surface area (Å²) in [4.78, 5) is 14.2. The van der Waals surface area contributed by atoms with Crippen LogP contribution >= 0.6 is 0 Å². The number of rotatable bonds is 8. The van der Waals surface area contributed by atoms with E-state index in [1.54, 1.807) is 4.90 Å². The highest BCUT2D eigenvalue weighted by atomic mass is 16.3. The Balaban J connectivity index is 1.95. The Labute approximate surface area is 169 Å². The number of unbranched alkanes of at least 4 members (excludes halogenated alkanes) is 2. The first-order chi connectivity index (χ1) is 13.4. The van der Waals surface area contributed by atoms with Crippen LogP contribution in [0.2, 0.25) is 0 Å². The van der Waals surface area contributed by atoms with Crippen molar-refractivity contribution in [2.75, 3.05) is 7.05 Å². The molecule has 1 aromatic rings. The molecular formula is C24H35NO3. The minimum Gasteiger partial charge on any atom is -0.507 e. The smallest absolute Gasteiger partial charge is 0.225 e. The first-order valence-electron chi connectivity index (χ1n) is 10.9. The second-order valence-corrected chi connectivity index (χ2v) is 8.73. The van der Waals surface area contributed by atoms with Crippen LogP contribution in [0, 0.1) is 5.92 Å². The van der Waals surface area contributed by atoms with Crippen LogP contribution in [0.25, 0.3) is 0 Å². The highest BCUT2D eigenvalue weighted by Gasteiger charge is 2.33. The first-order valence-corrected chi connectivity index (χ1v) is 10.9. The van der Waals surface area contributed by atoms with Crippen LogP contribution in [-0.2, 0) is 17.8 Å². The van der Waals surface area contributed by atoms with Gasteiger partial charge in [0.2, 0.25) is 5.91 Å². The number of phenolic OH excluding ortho intramolecular Hbond substituents is 2. The minimum atomic E-state index is 0.0432. The Morgan fingerprint density at radius 2 is 1.96 bits per heavy atom. The molecule has 1 unspecified atom stereocenters. The summed E-state index contributed by atoms with van der Waals surface area (Å²) in [6, 6.07) is 1.84. The van der Waals surface area contributed by atoms with Gasteiger partial charge < -0.3 is 15.1 Å². The molecule has 0 aliphatic heterocycles. The number of nitrogens with zero attached hydrogens (tertiary/aromatic N) is 1. The van der Waals surface area contributed by atoms with Crippen LogP contribution in [0.3, 0.4) is 0 Å². The summed E-state index contributed by atoms with van der Waals surface area (Å²) in [5, 5.41) is 22.0. The molecular weight excluding hydrogens is 350 g/mol. The number of allylic oxidation sites excluding steroid dienone is 2. The van der Waals surface area contributed by atoms with Gasteiger partial charge in [-0.05, 0) is 63.5 Å². The Bertz CT molecular complexity index is 749. The molecule has 2 aliphatic carbocycles. The third-order valence-electron chi connectivity index (χ3n) is 6.21. The van der Waals surface area contributed by atoms with E-state index in [9.17, 15) is 15.0 Å². The summed E-state index contributed by atoms with van der Waals surface area (Å²) < 4.78 is 0. The van der Waals surface area contributed by atoms with Gasteiger partial charge in [0.05, 0.1) is 0 Å². The van der Waals surface area contributed by atoms with Crippen molar-refractivity contribution in [2.45, 2.75) is 84.1 Å². The second-order valence-electron chi connectivity index (χ2n) is 8.73. The van der Waals surface area contributed by atoms with Gasteiger partial charge in [0.1, 0.15) is 11.5 Å². The van der Waals surface area contributed by atoms with Crippen LogP contribution in [0.15, 0.2) is 17.7 Å². The zero-order valence-corrected chi connectivity index (χ0v) is 17.6. The minimum absolute atomic E-state index is 0.0432. The zero-order valence-electron chi connectivity index (χ0n) is 17.6. The van der Waals surface area contributed by atoms with E-state index < -0.39 is 0 Å². The number of aromatic hydroxyl groups is 2. The second kappa shape index (κ2) is 9.02. The van der Waals surface area contributed by atoms with Crippen LogP contribution in [-0.4, -0.2) is 28.1 Å². The average molecular weight is 386 g/mol. The zero-order chi connectivity index (χ0) is 20.3. The molecule has 0 heterocycles. The lowest BCUT2D eigenvalue weighted by atomic mass is 9.83. The molecule has 1 amide bonds. The molecule has 28 heavy (non-hydrogen) atoms. The predicted octanol–water partition coefficient (Wildman–Crippen LogP) is 5.41. The van der Waals surface area contributed by atoms with Crippen molar-refractivity contribution in [2.24, 2.45) is 5.92 Å². The highest BCUT2D eigenvalue weighted by Crippen LogP contribution is 2.44. The normalized spacial score (nSPS) is 19.4. The van der Waals surface area contributed by atoms with E-state index in [1.165, 1.54) is 5.57 Å². The summed E-state index contributed by atoms with van der Waals surface area (Å²) in [6.45, 7) is 4.69. The number of amides is 1. The Kier molecular flexibility index (Phi) is 6.69. The van der Waals surface area contributed by atoms with Crippen LogP contribution in [0.1, 0.15) is 87.8 Å². The lowest BCUT2D eigenvalue weighted by Crippen LogP contribution is -2.28. The number of carbonyl (C=O) groups is 1. The molecule has 4 nitrogen and oxygen atoms in total. The van der Waals surface area contributed by atoms with Gasteiger partial charge in [-0.3, -0.25) is 4.79 Å². The number of hydrogen-bond acceptors (Lipinski definition) is 3. The standard InChI is InChI=1S/C24H35NO3/c1-4-5-6-9-18-14-21(26)22(19-10-7-8-16(2)13-19)23(27)20(18)15-25(3)24(28)17-11-12-17/h13-14,17,19,26-27H,4-12,15H2,1-3H3. The van der Waals surface area contributed by atoms with Gasteiger partial charge in [0.25, 0.3) is 0 Å². The summed E-state index contributed by atoms with van der Waals surface area (Å²) in [5.74, 6) is 0.762. The van der Waals surface area contributed by atoms with E-state index in [2.05, 4.69) is 19.9 Å². The topological polar surface area (TPSA) is 60.8 Å². The van der Waals surface area contributed by atoms with Gasteiger partial charge in [-0.1, -0.05) is 31.4 Å². The van der Waals surface area contributed by atoms with E-state index in [0.29, 0.717) is 12.1 Å². The van der Waals surface area contributed by atoms with Crippen molar-refractivity contribution in [3.8, 4) is 11.5 Å². The molecule has 0 radical (unpaired) electrons. The van der Waals surface area contributed by atoms with Crippen LogP contribution in [0.4, 0.5) is 0 Å². The molecule has 2 aliphatic rings. The highest BCUT2D eigenvalue weighted by molar-refractivity contribution is 5.81. The fraction of sp³-hybridized carbons (Fsp3) is 0.625. The summed E-state index contributed by atoms with van der Waals surface area (Å²) in [6.07, 6.45) is 11.3. The molecule has 1 atom stereocenters. The Morgan fingerprint density at radius 1 is 1.21 bits per heavy atom. The number of benzene rings is 1. The van der Waals surface area contributed by atoms with Crippen molar-refractivity contribution < 1.29 is 15.0 Å². The van der Waals surface area contributed by atoms with Gasteiger partial charge >= 0.3 is 0 Å². The number of carbonyl (C=O) groups excluding carboxylic acids is 1. The van der Waals surface area contributed by atoms with Crippen molar-refractivity contribution in [1.82, 2.24) is 4.90 Å². The lowest BCUT2D eigenvalue weighted by Gasteiger charge is -2.26. The third-order valence-corrected chi connectivity index (χ3v) is 6.21. The molecule has 3 rings (SSSR count). The van der Waals surface area contributed by atoms with Gasteiger partial charge in [-0.15, -0.1) is 0 Å². The van der Waals surface area contributed by atoms with Crippen LogP contribution < -0.4 is 0 Å². The van der Waals surface area contributed by atoms with Gasteiger partial charge in [-0.25, -0.2) is 0 Å². The summed E-state index contributed by atoms with van der Waals surface area (Å²) in [7, 11) is 1.83. The number of phenols is 2. The number of aryl methyl sites for hydroxylation is 1. The predicted molar refractivity (Wildman–Crippen MR) is 113 cm³/mol. The van der Waals surface area contributed by atoms with E-state index in [-0.39, 0.29) is 29.2 Å². The maximum Gasteiger partial charge on any atom is 0.225 e. The monoisotopic (exact) mass is 385 g/mol. The summed E-state index contributed by atoms with van der Waals surface area (Å²) >= 11 is 0. The van der Waals surface area contributed by atoms with Crippen LogP contribution in [0.5, 0.6) is 11.5 Å². The Hall–Kier alpha value is -1.97. The molecule has 1 fully saturated rings. The van der Waals surface area contributed by atoms with E-state index in [1.807, 2.05) is 13.1 Å². The van der Waals surface area contributed by atoms with Crippen molar-refractivity contribution in [3.05, 3.63) is 34.4 Å². The SMILES string of the molecule is CCCCCc1cc(O)c(C2C=C(C)CCC2)c(O)c1CN(C)C(=O)C1CC1. The fourth-order valence-corrected chi connectivity index (χ4v) is 4.39. The van der Waals surface area contributed by atoms with Gasteiger partial charge in [0.15, 0.2) is 0 Å². The van der Waals surface area contributed by atoms with E-state index >= 15 is 0 Å². The van der Waals surface area contributed by atoms with Crippen molar-refractivity contribution >= 4 is 5.91 Å². The quantitative estimate of drug-likeness (QED) is 0.464. The molecule has 0 aromatic heterocycles. The Morgan fingerprint density at radius 3 is 2.61 bits per heavy atom. The fourth-order valence-electron chi connectivity index (χ4n) is 4.39. The molecule has 1 aromatic carbocycles. The molecule has 0 saturated heterocycles. The maximum absolute atomic E-state index is 12.5. The first kappa shape index (κ1) is 20.8. The average Bonchev–Trinajstić information content (AvgIpc) is 3.49.